The Morgan fingerprint density at radius 3 is 2.57 bits per heavy atom. The average molecular weight is 401 g/mol. The van der Waals surface area contributed by atoms with Gasteiger partial charge in [-0.25, -0.2) is 4.79 Å². The number of nitrogens with one attached hydrogen (secondary N) is 1. The van der Waals surface area contributed by atoms with Gasteiger partial charge in [-0.2, -0.15) is 4.68 Å². The highest BCUT2D eigenvalue weighted by Crippen LogP contribution is 2.25. The summed E-state index contributed by atoms with van der Waals surface area (Å²) in [4.78, 5) is 23.5. The lowest BCUT2D eigenvalue weighted by Gasteiger charge is -2.19. The van der Waals surface area contributed by atoms with Gasteiger partial charge in [0.2, 0.25) is 5.91 Å². The number of fused-ring (bicyclic) bond motifs is 1. The number of aromatic nitrogens is 2. The fraction of sp³-hybridized carbons (Fsp3) is 0.357. The molecule has 0 bridgehead atoms. The van der Waals surface area contributed by atoms with Crippen LogP contribution in [0.3, 0.4) is 0 Å². The predicted molar refractivity (Wildman–Crippen MR) is 88.6 cm³/mol. The van der Waals surface area contributed by atoms with Crippen LogP contribution in [0.25, 0.3) is 10.9 Å². The number of hydrogen-bond donors (Lipinski definition) is 1. The lowest BCUT2D eigenvalue weighted by atomic mass is 10.2. The summed E-state index contributed by atoms with van der Waals surface area (Å²) in [5, 5.41) is 7.44. The monoisotopic (exact) mass is 401 g/mol. The largest absolute Gasteiger partial charge is 0.444 e. The molecule has 0 atom stereocenters. The molecule has 2 aromatic rings. The number of carbonyl (C=O) groups excluding carboxylic acids is 2. The van der Waals surface area contributed by atoms with Crippen molar-refractivity contribution in [1.29, 1.82) is 0 Å². The van der Waals surface area contributed by atoms with Crippen LogP contribution in [0, 0.1) is 3.57 Å². The molecule has 1 aromatic heterocycles. The van der Waals surface area contributed by atoms with Gasteiger partial charge in [0.25, 0.3) is 0 Å². The molecule has 1 amide bonds. The van der Waals surface area contributed by atoms with Gasteiger partial charge in [-0.15, -0.1) is 5.10 Å². The van der Waals surface area contributed by atoms with Crippen molar-refractivity contribution in [2.24, 2.45) is 0 Å². The van der Waals surface area contributed by atoms with Gasteiger partial charge in [-0.05, 0) is 61.6 Å². The number of anilines is 1. The Bertz CT molecular complexity index is 716. The van der Waals surface area contributed by atoms with Crippen LogP contribution in [0.1, 0.15) is 32.5 Å². The second-order valence-electron chi connectivity index (χ2n) is 5.57. The number of carbonyl (C=O) groups is 2. The van der Waals surface area contributed by atoms with Crippen LogP contribution in [0.2, 0.25) is 0 Å². The Kier molecular flexibility index (Phi) is 4.22. The van der Waals surface area contributed by atoms with E-state index in [-0.39, 0.29) is 5.91 Å². The van der Waals surface area contributed by atoms with Crippen LogP contribution >= 0.6 is 22.6 Å². The third-order valence-corrected chi connectivity index (χ3v) is 3.23. The zero-order chi connectivity index (χ0) is 15.8. The number of benzene rings is 1. The van der Waals surface area contributed by atoms with Gasteiger partial charge in [0.1, 0.15) is 5.60 Å². The predicted octanol–water partition coefficient (Wildman–Crippen LogP) is 3.65. The summed E-state index contributed by atoms with van der Waals surface area (Å²) < 4.78 is 7.45. The average Bonchev–Trinajstić information content (AvgIpc) is 2.65. The summed E-state index contributed by atoms with van der Waals surface area (Å²) >= 11 is 2.16. The number of rotatable bonds is 1. The normalized spacial score (nSPS) is 11.5. The van der Waals surface area contributed by atoms with Crippen LogP contribution < -0.4 is 5.32 Å². The third-order valence-electron chi connectivity index (χ3n) is 2.56. The summed E-state index contributed by atoms with van der Waals surface area (Å²) in [6, 6.07) is 5.53. The van der Waals surface area contributed by atoms with E-state index in [0.717, 1.165) is 3.57 Å². The lowest BCUT2D eigenvalue weighted by molar-refractivity contribution is 0.0634. The summed E-state index contributed by atoms with van der Waals surface area (Å²) in [7, 11) is 0. The Balaban J connectivity index is 2.42. The highest BCUT2D eigenvalue weighted by molar-refractivity contribution is 14.1. The molecular weight excluding hydrogens is 385 g/mol. The molecule has 1 N–H and O–H groups in total. The quantitative estimate of drug-likeness (QED) is 0.741. The van der Waals surface area contributed by atoms with Crippen molar-refractivity contribution in [3.05, 3.63) is 21.8 Å². The molecule has 0 radical (unpaired) electrons. The molecule has 1 heterocycles. The van der Waals surface area contributed by atoms with Gasteiger partial charge in [0.15, 0.2) is 5.82 Å². The number of nitrogens with zero attached hydrogens (tertiary/aromatic N) is 2. The molecule has 0 aliphatic heterocycles. The zero-order valence-electron chi connectivity index (χ0n) is 12.2. The molecule has 6 nitrogen and oxygen atoms in total. The van der Waals surface area contributed by atoms with Crippen molar-refractivity contribution in [3.63, 3.8) is 0 Å². The fourth-order valence-electron chi connectivity index (χ4n) is 1.82. The summed E-state index contributed by atoms with van der Waals surface area (Å²) in [5.74, 6) is 0.0893. The van der Waals surface area contributed by atoms with Gasteiger partial charge >= 0.3 is 6.09 Å². The first kappa shape index (κ1) is 15.7. The topological polar surface area (TPSA) is 73.2 Å². The molecule has 112 valence electrons. The van der Waals surface area contributed by atoms with Crippen molar-refractivity contribution >= 4 is 51.3 Å². The van der Waals surface area contributed by atoms with E-state index in [1.165, 1.54) is 11.6 Å². The van der Waals surface area contributed by atoms with Crippen LogP contribution in [0.5, 0.6) is 0 Å². The standard InChI is InChI=1S/C14H16IN3O3/c1-8(19)18-11-6-5-9(15)7-10(11)12(17-18)16-13(20)21-14(2,3)4/h5-7H,1-4H3,(H,16,17,20). The van der Waals surface area contributed by atoms with E-state index in [4.69, 9.17) is 4.74 Å². The zero-order valence-corrected chi connectivity index (χ0v) is 14.4. The minimum atomic E-state index is -0.600. The molecule has 0 unspecified atom stereocenters. The molecule has 1 aromatic carbocycles. The van der Waals surface area contributed by atoms with E-state index in [1.807, 2.05) is 12.1 Å². The molecule has 21 heavy (non-hydrogen) atoms. The van der Waals surface area contributed by atoms with Crippen molar-refractivity contribution < 1.29 is 14.3 Å². The van der Waals surface area contributed by atoms with Gasteiger partial charge in [-0.1, -0.05) is 0 Å². The molecule has 0 fully saturated rings. The SMILES string of the molecule is CC(=O)n1nc(NC(=O)OC(C)(C)C)c2cc(I)ccc21. The van der Waals surface area contributed by atoms with Crippen LogP contribution in [-0.4, -0.2) is 27.4 Å². The van der Waals surface area contributed by atoms with E-state index < -0.39 is 11.7 Å². The number of hydrogen-bond acceptors (Lipinski definition) is 4. The Hall–Kier alpha value is -1.64. The molecule has 0 saturated carbocycles. The summed E-state index contributed by atoms with van der Waals surface area (Å²) in [6.45, 7) is 6.76. The van der Waals surface area contributed by atoms with Crippen molar-refractivity contribution in [3.8, 4) is 0 Å². The molecule has 0 spiro atoms. The highest BCUT2D eigenvalue weighted by Gasteiger charge is 2.20. The molecule has 0 saturated heterocycles. The second-order valence-corrected chi connectivity index (χ2v) is 6.81. The first-order chi connectivity index (χ1) is 9.67. The van der Waals surface area contributed by atoms with E-state index >= 15 is 0 Å². The Labute approximate surface area is 136 Å². The lowest BCUT2D eigenvalue weighted by Crippen LogP contribution is -2.27. The number of halogens is 1. The van der Waals surface area contributed by atoms with Crippen molar-refractivity contribution in [2.45, 2.75) is 33.3 Å². The van der Waals surface area contributed by atoms with Gasteiger partial charge in [0, 0.05) is 15.9 Å². The van der Waals surface area contributed by atoms with Crippen LogP contribution in [-0.2, 0) is 4.74 Å². The van der Waals surface area contributed by atoms with Crippen molar-refractivity contribution in [1.82, 2.24) is 9.78 Å². The minimum Gasteiger partial charge on any atom is -0.444 e. The first-order valence-electron chi connectivity index (χ1n) is 6.36. The maximum Gasteiger partial charge on any atom is 0.413 e. The molecular formula is C14H16IN3O3. The Morgan fingerprint density at radius 1 is 1.33 bits per heavy atom. The maximum absolute atomic E-state index is 11.9. The van der Waals surface area contributed by atoms with Gasteiger partial charge in [0.05, 0.1) is 5.52 Å². The van der Waals surface area contributed by atoms with Gasteiger partial charge < -0.3 is 4.74 Å². The summed E-state index contributed by atoms with van der Waals surface area (Å²) in [6.07, 6.45) is -0.600. The van der Waals surface area contributed by atoms with Crippen LogP contribution in [0.15, 0.2) is 18.2 Å². The Morgan fingerprint density at radius 2 is 2.00 bits per heavy atom. The van der Waals surface area contributed by atoms with E-state index in [2.05, 4.69) is 33.0 Å². The first-order valence-corrected chi connectivity index (χ1v) is 7.44. The summed E-state index contributed by atoms with van der Waals surface area (Å²) in [5.41, 5.74) is 0.0474. The highest BCUT2D eigenvalue weighted by atomic mass is 127. The van der Waals surface area contributed by atoms with Gasteiger partial charge in [-0.3, -0.25) is 10.1 Å². The molecule has 7 heteroatoms. The molecule has 2 rings (SSSR count). The number of ether oxygens (including phenoxy) is 1. The fourth-order valence-corrected chi connectivity index (χ4v) is 2.31. The second kappa shape index (κ2) is 5.63. The molecule has 0 aliphatic rings. The molecule has 0 aliphatic carbocycles. The van der Waals surface area contributed by atoms with Crippen molar-refractivity contribution in [2.75, 3.05) is 5.32 Å². The third kappa shape index (κ3) is 3.72. The number of amides is 1. The van der Waals surface area contributed by atoms with Crippen LogP contribution in [0.4, 0.5) is 10.6 Å². The van der Waals surface area contributed by atoms with E-state index in [0.29, 0.717) is 16.7 Å². The smallest absolute Gasteiger partial charge is 0.413 e. The minimum absolute atomic E-state index is 0.224. The van der Waals surface area contributed by atoms with E-state index in [1.54, 1.807) is 26.8 Å². The maximum atomic E-state index is 11.9. The van der Waals surface area contributed by atoms with E-state index in [9.17, 15) is 9.59 Å².